The standard InChI is InChI=1S/C12H10BrFN2O/c1-7-11(15)4-5-12(16-7)17-8-2-3-10(14)9(13)6-8/h2-6H,15H2,1H3. The Labute approximate surface area is 107 Å². The molecule has 2 aromatic rings. The largest absolute Gasteiger partial charge is 0.439 e. The SMILES string of the molecule is Cc1nc(Oc2ccc(F)c(Br)c2)ccc1N. The molecule has 0 fully saturated rings. The van der Waals surface area contributed by atoms with E-state index in [1.165, 1.54) is 12.1 Å². The lowest BCUT2D eigenvalue weighted by molar-refractivity contribution is 0.459. The van der Waals surface area contributed by atoms with Crippen molar-refractivity contribution in [2.75, 3.05) is 5.73 Å². The topological polar surface area (TPSA) is 48.1 Å². The Hall–Kier alpha value is -1.62. The van der Waals surface area contributed by atoms with Gasteiger partial charge in [-0.25, -0.2) is 9.37 Å². The summed E-state index contributed by atoms with van der Waals surface area (Å²) in [5, 5.41) is 0. The highest BCUT2D eigenvalue weighted by atomic mass is 79.9. The molecule has 0 aliphatic heterocycles. The molecule has 1 aromatic carbocycles. The molecule has 0 unspecified atom stereocenters. The van der Waals surface area contributed by atoms with E-state index >= 15 is 0 Å². The van der Waals surface area contributed by atoms with Crippen LogP contribution in [0.2, 0.25) is 0 Å². The van der Waals surface area contributed by atoms with Crippen LogP contribution in [0, 0.1) is 12.7 Å². The molecule has 1 aromatic heterocycles. The van der Waals surface area contributed by atoms with Crippen molar-refractivity contribution in [2.24, 2.45) is 0 Å². The molecular formula is C12H10BrFN2O. The van der Waals surface area contributed by atoms with Gasteiger partial charge in [0, 0.05) is 6.07 Å². The number of nitrogens with zero attached hydrogens (tertiary/aromatic N) is 1. The zero-order valence-corrected chi connectivity index (χ0v) is 10.7. The zero-order valence-electron chi connectivity index (χ0n) is 9.08. The van der Waals surface area contributed by atoms with Crippen molar-refractivity contribution in [3.63, 3.8) is 0 Å². The number of nitrogen functional groups attached to an aromatic ring is 1. The second-order valence-electron chi connectivity index (χ2n) is 3.50. The molecule has 0 aliphatic rings. The summed E-state index contributed by atoms with van der Waals surface area (Å²) in [6.07, 6.45) is 0. The maximum Gasteiger partial charge on any atom is 0.219 e. The summed E-state index contributed by atoms with van der Waals surface area (Å²) in [5.41, 5.74) is 6.96. The maximum atomic E-state index is 13.0. The van der Waals surface area contributed by atoms with Crippen molar-refractivity contribution >= 4 is 21.6 Å². The zero-order chi connectivity index (χ0) is 12.4. The molecule has 17 heavy (non-hydrogen) atoms. The lowest BCUT2D eigenvalue weighted by Gasteiger charge is -2.07. The van der Waals surface area contributed by atoms with E-state index in [1.54, 1.807) is 25.1 Å². The molecule has 2 rings (SSSR count). The summed E-state index contributed by atoms with van der Waals surface area (Å²) < 4.78 is 18.9. The van der Waals surface area contributed by atoms with Crippen LogP contribution in [0.4, 0.5) is 10.1 Å². The van der Waals surface area contributed by atoms with Gasteiger partial charge in [0.15, 0.2) is 0 Å². The third-order valence-corrected chi connectivity index (χ3v) is 2.82. The van der Waals surface area contributed by atoms with Gasteiger partial charge in [0.25, 0.3) is 0 Å². The van der Waals surface area contributed by atoms with Crippen molar-refractivity contribution in [3.8, 4) is 11.6 Å². The molecule has 3 nitrogen and oxygen atoms in total. The first-order chi connectivity index (χ1) is 8.06. The van der Waals surface area contributed by atoms with Gasteiger partial charge in [0.2, 0.25) is 5.88 Å². The van der Waals surface area contributed by atoms with Crippen LogP contribution in [0.25, 0.3) is 0 Å². The molecule has 0 radical (unpaired) electrons. The number of hydrogen-bond donors (Lipinski definition) is 1. The number of hydrogen-bond acceptors (Lipinski definition) is 3. The van der Waals surface area contributed by atoms with Crippen molar-refractivity contribution in [1.82, 2.24) is 4.98 Å². The predicted octanol–water partition coefficient (Wildman–Crippen LogP) is 3.67. The third kappa shape index (κ3) is 2.74. The molecule has 0 aliphatic carbocycles. The minimum atomic E-state index is -0.334. The van der Waals surface area contributed by atoms with E-state index in [1.807, 2.05) is 0 Å². The fraction of sp³-hybridized carbons (Fsp3) is 0.0833. The summed E-state index contributed by atoms with van der Waals surface area (Å²) in [6, 6.07) is 7.79. The molecule has 0 saturated carbocycles. The average molecular weight is 297 g/mol. The quantitative estimate of drug-likeness (QED) is 0.920. The Bertz CT molecular complexity index is 511. The second-order valence-corrected chi connectivity index (χ2v) is 4.36. The van der Waals surface area contributed by atoms with Crippen LogP contribution in [-0.2, 0) is 0 Å². The molecule has 5 heteroatoms. The molecule has 2 N–H and O–H groups in total. The van der Waals surface area contributed by atoms with Gasteiger partial charge in [-0.1, -0.05) is 0 Å². The van der Waals surface area contributed by atoms with Gasteiger partial charge in [-0.2, -0.15) is 0 Å². The number of aryl methyl sites for hydroxylation is 1. The first kappa shape index (κ1) is 11.9. The molecule has 88 valence electrons. The number of ether oxygens (including phenoxy) is 1. The van der Waals surface area contributed by atoms with Crippen molar-refractivity contribution in [1.29, 1.82) is 0 Å². The monoisotopic (exact) mass is 296 g/mol. The summed E-state index contributed by atoms with van der Waals surface area (Å²) >= 11 is 3.09. The van der Waals surface area contributed by atoms with Crippen LogP contribution < -0.4 is 10.5 Å². The Kier molecular flexibility index (Phi) is 3.28. The van der Waals surface area contributed by atoms with Crippen LogP contribution in [-0.4, -0.2) is 4.98 Å². The van der Waals surface area contributed by atoms with Crippen LogP contribution in [0.1, 0.15) is 5.69 Å². The predicted molar refractivity (Wildman–Crippen MR) is 67.6 cm³/mol. The average Bonchev–Trinajstić information content (AvgIpc) is 2.29. The van der Waals surface area contributed by atoms with E-state index in [2.05, 4.69) is 20.9 Å². The van der Waals surface area contributed by atoms with Gasteiger partial charge in [0.05, 0.1) is 15.9 Å². The summed E-state index contributed by atoms with van der Waals surface area (Å²) in [7, 11) is 0. The number of rotatable bonds is 2. The minimum Gasteiger partial charge on any atom is -0.439 e. The van der Waals surface area contributed by atoms with Gasteiger partial charge < -0.3 is 10.5 Å². The normalized spacial score (nSPS) is 10.3. The van der Waals surface area contributed by atoms with Crippen LogP contribution >= 0.6 is 15.9 Å². The minimum absolute atomic E-state index is 0.334. The first-order valence-corrected chi connectivity index (χ1v) is 5.71. The molecule has 1 heterocycles. The Balaban J connectivity index is 2.25. The Morgan fingerprint density at radius 1 is 1.29 bits per heavy atom. The Morgan fingerprint density at radius 3 is 2.71 bits per heavy atom. The first-order valence-electron chi connectivity index (χ1n) is 4.92. The van der Waals surface area contributed by atoms with E-state index in [4.69, 9.17) is 10.5 Å². The van der Waals surface area contributed by atoms with Gasteiger partial charge in [-0.15, -0.1) is 0 Å². The highest BCUT2D eigenvalue weighted by Crippen LogP contribution is 2.26. The highest BCUT2D eigenvalue weighted by Gasteiger charge is 2.04. The Morgan fingerprint density at radius 2 is 2.06 bits per heavy atom. The fourth-order valence-electron chi connectivity index (χ4n) is 1.27. The molecular weight excluding hydrogens is 287 g/mol. The van der Waals surface area contributed by atoms with Crippen LogP contribution in [0.3, 0.4) is 0 Å². The van der Waals surface area contributed by atoms with Gasteiger partial charge in [-0.05, 0) is 47.1 Å². The van der Waals surface area contributed by atoms with Crippen LogP contribution in [0.5, 0.6) is 11.6 Å². The van der Waals surface area contributed by atoms with Gasteiger partial charge in [0.1, 0.15) is 11.6 Å². The summed E-state index contributed by atoms with van der Waals surface area (Å²) in [4.78, 5) is 4.16. The van der Waals surface area contributed by atoms with Crippen molar-refractivity contribution in [2.45, 2.75) is 6.92 Å². The van der Waals surface area contributed by atoms with E-state index in [-0.39, 0.29) is 5.82 Å². The van der Waals surface area contributed by atoms with Crippen molar-refractivity contribution < 1.29 is 9.13 Å². The number of benzene rings is 1. The smallest absolute Gasteiger partial charge is 0.219 e. The molecule has 0 atom stereocenters. The number of halogens is 2. The molecule has 0 bridgehead atoms. The van der Waals surface area contributed by atoms with Crippen molar-refractivity contribution in [3.05, 3.63) is 46.3 Å². The number of anilines is 1. The number of aromatic nitrogens is 1. The molecule has 0 amide bonds. The third-order valence-electron chi connectivity index (χ3n) is 2.21. The van der Waals surface area contributed by atoms with E-state index < -0.39 is 0 Å². The number of pyridine rings is 1. The molecule has 0 saturated heterocycles. The summed E-state index contributed by atoms with van der Waals surface area (Å²) in [5.74, 6) is 0.601. The fourth-order valence-corrected chi connectivity index (χ4v) is 1.62. The highest BCUT2D eigenvalue weighted by molar-refractivity contribution is 9.10. The van der Waals surface area contributed by atoms with Crippen LogP contribution in [0.15, 0.2) is 34.8 Å². The number of nitrogens with two attached hydrogens (primary N) is 1. The van der Waals surface area contributed by atoms with E-state index in [0.717, 1.165) is 0 Å². The molecule has 0 spiro atoms. The second kappa shape index (κ2) is 4.71. The summed E-state index contributed by atoms with van der Waals surface area (Å²) in [6.45, 7) is 1.79. The van der Waals surface area contributed by atoms with Gasteiger partial charge in [-0.3, -0.25) is 0 Å². The maximum absolute atomic E-state index is 13.0. The van der Waals surface area contributed by atoms with E-state index in [9.17, 15) is 4.39 Å². The van der Waals surface area contributed by atoms with E-state index in [0.29, 0.717) is 27.5 Å². The van der Waals surface area contributed by atoms with Gasteiger partial charge >= 0.3 is 0 Å². The lowest BCUT2D eigenvalue weighted by atomic mass is 10.3. The lowest BCUT2D eigenvalue weighted by Crippen LogP contribution is -1.95.